The molecule has 0 radical (unpaired) electrons. The largest absolute Gasteiger partial charge is 0.349 e. The number of carbonyl (C=O) groups is 2. The molecule has 0 saturated carbocycles. The summed E-state index contributed by atoms with van der Waals surface area (Å²) in [5, 5.41) is 8.24. The third-order valence-corrected chi connectivity index (χ3v) is 3.44. The molecule has 0 saturated heterocycles. The molecule has 6 nitrogen and oxygen atoms in total. The van der Waals surface area contributed by atoms with E-state index in [2.05, 4.69) is 20.9 Å². The smallest absolute Gasteiger partial charge is 0.319 e. The zero-order valence-electron chi connectivity index (χ0n) is 13.8. The number of benzene rings is 1. The Labute approximate surface area is 141 Å². The monoisotopic (exact) mass is 326 g/mol. The van der Waals surface area contributed by atoms with Crippen LogP contribution < -0.4 is 16.0 Å². The van der Waals surface area contributed by atoms with E-state index in [0.29, 0.717) is 12.2 Å². The molecule has 0 unspecified atom stereocenters. The molecule has 2 rings (SSSR count). The highest BCUT2D eigenvalue weighted by Crippen LogP contribution is 2.07. The molecule has 1 aromatic heterocycles. The van der Waals surface area contributed by atoms with Gasteiger partial charge in [-0.05, 0) is 30.2 Å². The molecule has 1 heterocycles. The summed E-state index contributed by atoms with van der Waals surface area (Å²) in [5.74, 6) is -0.283. The third-order valence-electron chi connectivity index (χ3n) is 3.44. The lowest BCUT2D eigenvalue weighted by molar-refractivity contribution is -0.124. The SMILES string of the molecule is CC(C)[C@@H](NC(=O)Nc1ccccc1)C(=O)NCc1ccccn1. The van der Waals surface area contributed by atoms with Gasteiger partial charge in [-0.1, -0.05) is 38.1 Å². The molecule has 0 aliphatic rings. The second kappa shape index (κ2) is 8.67. The van der Waals surface area contributed by atoms with E-state index in [1.807, 2.05) is 50.2 Å². The number of carbonyl (C=O) groups excluding carboxylic acids is 2. The van der Waals surface area contributed by atoms with Crippen LogP contribution in [0.4, 0.5) is 10.5 Å². The Kier molecular flexibility index (Phi) is 6.31. The number of pyridine rings is 1. The first kappa shape index (κ1) is 17.5. The number of amides is 3. The zero-order chi connectivity index (χ0) is 17.4. The molecule has 0 aliphatic heterocycles. The summed E-state index contributed by atoms with van der Waals surface area (Å²) >= 11 is 0. The average molecular weight is 326 g/mol. The Morgan fingerprint density at radius 2 is 1.75 bits per heavy atom. The third kappa shape index (κ3) is 5.39. The van der Waals surface area contributed by atoms with Gasteiger partial charge in [-0.2, -0.15) is 0 Å². The number of hydrogen-bond acceptors (Lipinski definition) is 3. The Hall–Kier alpha value is -2.89. The van der Waals surface area contributed by atoms with Crippen molar-refractivity contribution in [3.05, 3.63) is 60.4 Å². The second-order valence-electron chi connectivity index (χ2n) is 5.73. The first-order valence-electron chi connectivity index (χ1n) is 7.86. The minimum Gasteiger partial charge on any atom is -0.349 e. The molecule has 126 valence electrons. The molecular formula is C18H22N4O2. The molecule has 3 N–H and O–H groups in total. The molecular weight excluding hydrogens is 304 g/mol. The normalized spacial score (nSPS) is 11.6. The fourth-order valence-corrected chi connectivity index (χ4v) is 2.16. The van der Waals surface area contributed by atoms with Crippen LogP contribution in [0.2, 0.25) is 0 Å². The van der Waals surface area contributed by atoms with Gasteiger partial charge in [0, 0.05) is 11.9 Å². The fourth-order valence-electron chi connectivity index (χ4n) is 2.16. The number of nitrogens with one attached hydrogen (secondary N) is 3. The Balaban J connectivity index is 1.90. The number of urea groups is 1. The van der Waals surface area contributed by atoms with E-state index in [9.17, 15) is 9.59 Å². The molecule has 6 heteroatoms. The highest BCUT2D eigenvalue weighted by Gasteiger charge is 2.24. The molecule has 1 aromatic carbocycles. The van der Waals surface area contributed by atoms with E-state index >= 15 is 0 Å². The van der Waals surface area contributed by atoms with Gasteiger partial charge in [0.05, 0.1) is 12.2 Å². The summed E-state index contributed by atoms with van der Waals surface area (Å²) in [6, 6.07) is 13.6. The van der Waals surface area contributed by atoms with Crippen molar-refractivity contribution in [1.82, 2.24) is 15.6 Å². The van der Waals surface area contributed by atoms with Crippen LogP contribution in [-0.2, 0) is 11.3 Å². The zero-order valence-corrected chi connectivity index (χ0v) is 13.8. The highest BCUT2D eigenvalue weighted by molar-refractivity contribution is 5.93. The molecule has 0 spiro atoms. The van der Waals surface area contributed by atoms with Crippen molar-refractivity contribution < 1.29 is 9.59 Å². The molecule has 2 aromatic rings. The minimum atomic E-state index is -0.627. The number of rotatable bonds is 6. The Morgan fingerprint density at radius 1 is 1.04 bits per heavy atom. The van der Waals surface area contributed by atoms with Crippen molar-refractivity contribution in [2.24, 2.45) is 5.92 Å². The first-order valence-corrected chi connectivity index (χ1v) is 7.86. The number of para-hydroxylation sites is 1. The van der Waals surface area contributed by atoms with Gasteiger partial charge in [-0.15, -0.1) is 0 Å². The molecule has 0 fully saturated rings. The minimum absolute atomic E-state index is 0.0461. The van der Waals surface area contributed by atoms with E-state index in [4.69, 9.17) is 0 Å². The van der Waals surface area contributed by atoms with E-state index in [-0.39, 0.29) is 11.8 Å². The van der Waals surface area contributed by atoms with Crippen molar-refractivity contribution in [1.29, 1.82) is 0 Å². The van der Waals surface area contributed by atoms with Crippen LogP contribution in [0.3, 0.4) is 0 Å². The summed E-state index contributed by atoms with van der Waals surface area (Å²) in [6.45, 7) is 4.09. The lowest BCUT2D eigenvalue weighted by Crippen LogP contribution is -2.50. The van der Waals surface area contributed by atoms with Crippen LogP contribution in [0, 0.1) is 5.92 Å². The average Bonchev–Trinajstić information content (AvgIpc) is 2.59. The fraction of sp³-hybridized carbons (Fsp3) is 0.278. The van der Waals surface area contributed by atoms with Gasteiger partial charge in [0.25, 0.3) is 0 Å². The summed E-state index contributed by atoms with van der Waals surface area (Å²) in [5.41, 5.74) is 1.44. The van der Waals surface area contributed by atoms with Gasteiger partial charge in [0.1, 0.15) is 6.04 Å². The van der Waals surface area contributed by atoms with Crippen LogP contribution in [0.5, 0.6) is 0 Å². The van der Waals surface area contributed by atoms with E-state index in [0.717, 1.165) is 5.69 Å². The van der Waals surface area contributed by atoms with Gasteiger partial charge in [0.2, 0.25) is 5.91 Å². The lowest BCUT2D eigenvalue weighted by Gasteiger charge is -2.22. The van der Waals surface area contributed by atoms with Crippen LogP contribution in [0.25, 0.3) is 0 Å². The van der Waals surface area contributed by atoms with Crippen LogP contribution >= 0.6 is 0 Å². The highest BCUT2D eigenvalue weighted by atomic mass is 16.2. The molecule has 1 atom stereocenters. The summed E-state index contributed by atoms with van der Waals surface area (Å²) < 4.78 is 0. The van der Waals surface area contributed by atoms with Crippen LogP contribution in [0.15, 0.2) is 54.7 Å². The summed E-state index contributed by atoms with van der Waals surface area (Å²) in [7, 11) is 0. The number of hydrogen-bond donors (Lipinski definition) is 3. The van der Waals surface area contributed by atoms with Crippen molar-refractivity contribution in [2.75, 3.05) is 5.32 Å². The van der Waals surface area contributed by atoms with E-state index < -0.39 is 12.1 Å². The first-order chi connectivity index (χ1) is 11.6. The second-order valence-corrected chi connectivity index (χ2v) is 5.73. The molecule has 3 amide bonds. The van der Waals surface area contributed by atoms with Gasteiger partial charge >= 0.3 is 6.03 Å². The summed E-state index contributed by atoms with van der Waals surface area (Å²) in [4.78, 5) is 28.6. The topological polar surface area (TPSA) is 83.1 Å². The number of anilines is 1. The standard InChI is InChI=1S/C18H22N4O2/c1-13(2)16(17(23)20-12-15-10-6-7-11-19-15)22-18(24)21-14-8-4-3-5-9-14/h3-11,13,16H,12H2,1-2H3,(H,20,23)(H2,21,22,24)/t16-/m1/s1. The molecule has 0 bridgehead atoms. The number of aromatic nitrogens is 1. The number of nitrogens with zero attached hydrogens (tertiary/aromatic N) is 1. The van der Waals surface area contributed by atoms with Gasteiger partial charge in [-0.25, -0.2) is 4.79 Å². The maximum atomic E-state index is 12.4. The van der Waals surface area contributed by atoms with Crippen molar-refractivity contribution in [3.8, 4) is 0 Å². The van der Waals surface area contributed by atoms with Crippen LogP contribution in [0.1, 0.15) is 19.5 Å². The molecule has 0 aliphatic carbocycles. The maximum Gasteiger partial charge on any atom is 0.319 e. The Bertz CT molecular complexity index is 659. The lowest BCUT2D eigenvalue weighted by atomic mass is 10.0. The predicted octanol–water partition coefficient (Wildman–Crippen LogP) is 2.54. The molecule has 24 heavy (non-hydrogen) atoms. The van der Waals surface area contributed by atoms with E-state index in [1.54, 1.807) is 18.3 Å². The van der Waals surface area contributed by atoms with Gasteiger partial charge < -0.3 is 16.0 Å². The van der Waals surface area contributed by atoms with Crippen molar-refractivity contribution in [2.45, 2.75) is 26.4 Å². The predicted molar refractivity (Wildman–Crippen MR) is 93.3 cm³/mol. The van der Waals surface area contributed by atoms with Crippen molar-refractivity contribution in [3.63, 3.8) is 0 Å². The summed E-state index contributed by atoms with van der Waals surface area (Å²) in [6.07, 6.45) is 1.67. The van der Waals surface area contributed by atoms with Gasteiger partial charge in [0.15, 0.2) is 0 Å². The quantitative estimate of drug-likeness (QED) is 0.763. The van der Waals surface area contributed by atoms with Crippen molar-refractivity contribution >= 4 is 17.6 Å². The van der Waals surface area contributed by atoms with Gasteiger partial charge in [-0.3, -0.25) is 9.78 Å². The maximum absolute atomic E-state index is 12.4. The van der Waals surface area contributed by atoms with E-state index in [1.165, 1.54) is 0 Å². The van der Waals surface area contributed by atoms with Crippen LogP contribution in [-0.4, -0.2) is 23.0 Å². The Morgan fingerprint density at radius 3 is 2.38 bits per heavy atom.